The molecular weight excluding hydrogens is 224 g/mol. The van der Waals surface area contributed by atoms with E-state index in [0.29, 0.717) is 11.3 Å². The Hall–Kier alpha value is -0.530. The first-order chi connectivity index (χ1) is 8.24. The molecule has 0 aliphatic heterocycles. The van der Waals surface area contributed by atoms with Crippen LogP contribution >= 0.6 is 0 Å². The molecular formula is C16H30O2. The highest BCUT2D eigenvalue weighted by Gasteiger charge is 2.38. The Kier molecular flexibility index (Phi) is 5.24. The molecule has 1 aliphatic carbocycles. The summed E-state index contributed by atoms with van der Waals surface area (Å²) in [5, 5.41) is 0. The maximum atomic E-state index is 11.0. The summed E-state index contributed by atoms with van der Waals surface area (Å²) in [7, 11) is 0. The van der Waals surface area contributed by atoms with Crippen molar-refractivity contribution in [3.8, 4) is 0 Å². The van der Waals surface area contributed by atoms with Crippen LogP contribution in [0.15, 0.2) is 0 Å². The number of rotatable bonds is 4. The van der Waals surface area contributed by atoms with Crippen LogP contribution in [0.4, 0.5) is 0 Å². The first-order valence-electron chi connectivity index (χ1n) is 7.41. The fraction of sp³-hybridized carbons (Fsp3) is 0.938. The first-order valence-corrected chi connectivity index (χ1v) is 7.41. The second kappa shape index (κ2) is 6.08. The summed E-state index contributed by atoms with van der Waals surface area (Å²) in [4.78, 5) is 11.0. The fourth-order valence-electron chi connectivity index (χ4n) is 3.56. The van der Waals surface area contributed by atoms with Crippen molar-refractivity contribution in [1.82, 2.24) is 0 Å². The van der Waals surface area contributed by atoms with Crippen LogP contribution in [0.3, 0.4) is 0 Å². The Labute approximate surface area is 112 Å². The minimum atomic E-state index is -0.162. The lowest BCUT2D eigenvalue weighted by molar-refractivity contribution is -0.148. The predicted octanol–water partition coefficient (Wildman–Crippen LogP) is 4.43. The zero-order valence-electron chi connectivity index (χ0n) is 13.0. The van der Waals surface area contributed by atoms with Crippen LogP contribution in [0, 0.1) is 23.2 Å². The van der Waals surface area contributed by atoms with E-state index in [2.05, 4.69) is 27.7 Å². The molecule has 1 rings (SSSR count). The van der Waals surface area contributed by atoms with Crippen LogP contribution in [-0.2, 0) is 9.53 Å². The van der Waals surface area contributed by atoms with E-state index in [1.165, 1.54) is 32.6 Å². The number of carbonyl (C=O) groups excluding carboxylic acids is 1. The third-order valence-corrected chi connectivity index (χ3v) is 4.95. The Morgan fingerprint density at radius 2 is 2.00 bits per heavy atom. The first kappa shape index (κ1) is 15.5. The number of carbonyl (C=O) groups is 1. The molecule has 106 valence electrons. The van der Waals surface area contributed by atoms with Gasteiger partial charge in [-0.3, -0.25) is 4.79 Å². The number of esters is 1. The molecule has 18 heavy (non-hydrogen) atoms. The van der Waals surface area contributed by atoms with Crippen molar-refractivity contribution in [2.45, 2.75) is 73.3 Å². The van der Waals surface area contributed by atoms with Gasteiger partial charge in [-0.05, 0) is 42.9 Å². The molecule has 4 atom stereocenters. The largest absolute Gasteiger partial charge is 0.463 e. The normalized spacial score (nSPS) is 30.6. The Bertz CT molecular complexity index is 283. The van der Waals surface area contributed by atoms with E-state index in [0.717, 1.165) is 11.8 Å². The standard InChI is InChI=1S/C16H30O2/c1-11-8-7-9-16(5,6)15(11)10-12(2)13(3)18-14(4)17/h11-13,15H,7-10H2,1-6H3/t11-,12-,13-,15+/m1/s1. The van der Waals surface area contributed by atoms with Gasteiger partial charge in [-0.25, -0.2) is 0 Å². The molecule has 0 saturated heterocycles. The van der Waals surface area contributed by atoms with Gasteiger partial charge in [0.1, 0.15) is 6.10 Å². The molecule has 0 aromatic carbocycles. The lowest BCUT2D eigenvalue weighted by atomic mass is 9.61. The molecule has 0 unspecified atom stereocenters. The van der Waals surface area contributed by atoms with Gasteiger partial charge in [0.15, 0.2) is 0 Å². The van der Waals surface area contributed by atoms with Gasteiger partial charge in [-0.15, -0.1) is 0 Å². The van der Waals surface area contributed by atoms with Gasteiger partial charge in [0, 0.05) is 6.92 Å². The molecule has 0 aromatic heterocycles. The van der Waals surface area contributed by atoms with Gasteiger partial charge in [-0.1, -0.05) is 40.5 Å². The lowest BCUT2D eigenvalue weighted by Crippen LogP contribution is -2.36. The van der Waals surface area contributed by atoms with E-state index in [1.807, 2.05) is 6.92 Å². The molecule has 0 aromatic rings. The van der Waals surface area contributed by atoms with Crippen LogP contribution < -0.4 is 0 Å². The second-order valence-corrected chi connectivity index (χ2v) is 6.99. The van der Waals surface area contributed by atoms with Crippen molar-refractivity contribution < 1.29 is 9.53 Å². The van der Waals surface area contributed by atoms with Crippen molar-refractivity contribution >= 4 is 5.97 Å². The van der Waals surface area contributed by atoms with Crippen molar-refractivity contribution in [3.05, 3.63) is 0 Å². The van der Waals surface area contributed by atoms with Crippen molar-refractivity contribution in [2.75, 3.05) is 0 Å². The summed E-state index contributed by atoms with van der Waals surface area (Å²) in [6, 6.07) is 0. The lowest BCUT2D eigenvalue weighted by Gasteiger charge is -2.44. The second-order valence-electron chi connectivity index (χ2n) is 6.99. The maximum Gasteiger partial charge on any atom is 0.302 e. The van der Waals surface area contributed by atoms with Gasteiger partial charge in [0.2, 0.25) is 0 Å². The van der Waals surface area contributed by atoms with E-state index < -0.39 is 0 Å². The smallest absolute Gasteiger partial charge is 0.302 e. The summed E-state index contributed by atoms with van der Waals surface area (Å²) in [5.41, 5.74) is 0.432. The summed E-state index contributed by atoms with van der Waals surface area (Å²) < 4.78 is 5.32. The predicted molar refractivity (Wildman–Crippen MR) is 75.3 cm³/mol. The highest BCUT2D eigenvalue weighted by Crippen LogP contribution is 2.47. The van der Waals surface area contributed by atoms with E-state index in [-0.39, 0.29) is 12.1 Å². The molecule has 1 saturated carbocycles. The molecule has 0 heterocycles. The fourth-order valence-corrected chi connectivity index (χ4v) is 3.56. The number of hydrogen-bond donors (Lipinski definition) is 0. The topological polar surface area (TPSA) is 26.3 Å². The highest BCUT2D eigenvalue weighted by atomic mass is 16.5. The molecule has 0 bridgehead atoms. The van der Waals surface area contributed by atoms with Crippen LogP contribution in [0.5, 0.6) is 0 Å². The summed E-state index contributed by atoms with van der Waals surface area (Å²) >= 11 is 0. The third-order valence-electron chi connectivity index (χ3n) is 4.95. The Morgan fingerprint density at radius 1 is 1.39 bits per heavy atom. The van der Waals surface area contributed by atoms with Gasteiger partial charge >= 0.3 is 5.97 Å². The van der Waals surface area contributed by atoms with Gasteiger partial charge in [0.05, 0.1) is 0 Å². The Morgan fingerprint density at radius 3 is 2.50 bits per heavy atom. The molecule has 0 amide bonds. The molecule has 2 nitrogen and oxygen atoms in total. The zero-order chi connectivity index (χ0) is 13.9. The molecule has 0 N–H and O–H groups in total. The van der Waals surface area contributed by atoms with Gasteiger partial charge < -0.3 is 4.74 Å². The molecule has 0 spiro atoms. The summed E-state index contributed by atoms with van der Waals surface area (Å²) in [5.74, 6) is 1.82. The van der Waals surface area contributed by atoms with Crippen LogP contribution in [0.2, 0.25) is 0 Å². The van der Waals surface area contributed by atoms with E-state index >= 15 is 0 Å². The minimum absolute atomic E-state index is 0.0347. The van der Waals surface area contributed by atoms with E-state index in [4.69, 9.17) is 4.74 Å². The van der Waals surface area contributed by atoms with Crippen LogP contribution in [-0.4, -0.2) is 12.1 Å². The quantitative estimate of drug-likeness (QED) is 0.694. The molecule has 0 radical (unpaired) electrons. The van der Waals surface area contributed by atoms with Gasteiger partial charge in [-0.2, -0.15) is 0 Å². The molecule has 1 fully saturated rings. The number of ether oxygens (including phenoxy) is 1. The minimum Gasteiger partial charge on any atom is -0.463 e. The molecule has 2 heteroatoms. The maximum absolute atomic E-state index is 11.0. The SMILES string of the molecule is CC(=O)O[C@H](C)[C@H](C)C[C@H]1[C@H](C)CCCC1(C)C. The summed E-state index contributed by atoms with van der Waals surface area (Å²) in [6.07, 6.45) is 5.24. The Balaban J connectivity index is 2.60. The van der Waals surface area contributed by atoms with Crippen molar-refractivity contribution in [1.29, 1.82) is 0 Å². The monoisotopic (exact) mass is 254 g/mol. The zero-order valence-corrected chi connectivity index (χ0v) is 13.0. The third kappa shape index (κ3) is 4.00. The van der Waals surface area contributed by atoms with Crippen LogP contribution in [0.25, 0.3) is 0 Å². The number of hydrogen-bond acceptors (Lipinski definition) is 2. The summed E-state index contributed by atoms with van der Waals surface area (Å²) in [6.45, 7) is 12.9. The van der Waals surface area contributed by atoms with Crippen molar-refractivity contribution in [3.63, 3.8) is 0 Å². The van der Waals surface area contributed by atoms with E-state index in [9.17, 15) is 4.79 Å². The average Bonchev–Trinajstić information content (AvgIpc) is 2.22. The van der Waals surface area contributed by atoms with Crippen molar-refractivity contribution in [2.24, 2.45) is 23.2 Å². The highest BCUT2D eigenvalue weighted by molar-refractivity contribution is 5.66. The average molecular weight is 254 g/mol. The molecule has 1 aliphatic rings. The van der Waals surface area contributed by atoms with Crippen LogP contribution in [0.1, 0.15) is 67.2 Å². The van der Waals surface area contributed by atoms with Gasteiger partial charge in [0.25, 0.3) is 0 Å². The van der Waals surface area contributed by atoms with E-state index in [1.54, 1.807) is 0 Å².